The molecule has 1 aliphatic heterocycles. The molecule has 0 spiro atoms. The second-order valence-corrected chi connectivity index (χ2v) is 7.29. The van der Waals surface area contributed by atoms with Gasteiger partial charge in [0.1, 0.15) is 11.6 Å². The number of hydrogen-bond acceptors (Lipinski definition) is 4. The molecule has 1 N–H and O–H groups in total. The molecule has 2 aromatic rings. The van der Waals surface area contributed by atoms with Gasteiger partial charge in [-0.15, -0.1) is 0 Å². The number of aliphatic hydroxyl groups excluding tert-OH is 1. The lowest BCUT2D eigenvalue weighted by Crippen LogP contribution is -2.33. The van der Waals surface area contributed by atoms with Crippen LogP contribution in [0.4, 0.5) is 4.39 Å². The van der Waals surface area contributed by atoms with Crippen LogP contribution in [0.25, 0.3) is 5.76 Å². The number of aliphatic hydroxyl groups is 1. The average Bonchev–Trinajstić information content (AvgIpc) is 3.02. The van der Waals surface area contributed by atoms with E-state index in [9.17, 15) is 19.1 Å². The van der Waals surface area contributed by atoms with Crippen LogP contribution in [0.5, 0.6) is 0 Å². The van der Waals surface area contributed by atoms with Crippen LogP contribution in [-0.4, -0.2) is 52.8 Å². The van der Waals surface area contributed by atoms with Crippen molar-refractivity contribution in [2.75, 3.05) is 26.2 Å². The summed E-state index contributed by atoms with van der Waals surface area (Å²) >= 11 is 0. The van der Waals surface area contributed by atoms with Gasteiger partial charge in [0.25, 0.3) is 11.7 Å². The quantitative estimate of drug-likeness (QED) is 0.406. The number of hydrogen-bond donors (Lipinski definition) is 1. The number of benzene rings is 2. The lowest BCUT2D eigenvalue weighted by atomic mass is 9.95. The van der Waals surface area contributed by atoms with Crippen molar-refractivity contribution in [3.8, 4) is 0 Å². The first-order valence-corrected chi connectivity index (χ1v) is 10.3. The van der Waals surface area contributed by atoms with Crippen LogP contribution in [0.2, 0.25) is 0 Å². The standard InChI is InChI=1S/C24H27FN2O3/c1-3-26(4-2)15-8-16-27-21(17-11-13-19(25)14-12-17)20(23(29)24(27)30)22(28)18-9-6-5-7-10-18/h5-7,9-14,21,28H,3-4,8,15-16H2,1-2H3/b22-20+/t21-/m0/s1. The second kappa shape index (κ2) is 9.67. The zero-order chi connectivity index (χ0) is 21.7. The van der Waals surface area contributed by atoms with Crippen molar-refractivity contribution in [1.82, 2.24) is 9.80 Å². The van der Waals surface area contributed by atoms with Gasteiger partial charge in [0.2, 0.25) is 0 Å². The fourth-order valence-electron chi connectivity index (χ4n) is 3.86. The smallest absolute Gasteiger partial charge is 0.295 e. The molecule has 1 aliphatic rings. The van der Waals surface area contributed by atoms with Gasteiger partial charge >= 0.3 is 0 Å². The molecule has 2 aromatic carbocycles. The minimum absolute atomic E-state index is 0.0423. The van der Waals surface area contributed by atoms with Gasteiger partial charge in [0.05, 0.1) is 11.6 Å². The summed E-state index contributed by atoms with van der Waals surface area (Å²) in [5.41, 5.74) is 1.10. The Kier molecular flexibility index (Phi) is 7.00. The fourth-order valence-corrected chi connectivity index (χ4v) is 3.86. The molecular weight excluding hydrogens is 383 g/mol. The van der Waals surface area contributed by atoms with Crippen molar-refractivity contribution in [3.05, 3.63) is 77.1 Å². The second-order valence-electron chi connectivity index (χ2n) is 7.29. The van der Waals surface area contributed by atoms with Crippen molar-refractivity contribution >= 4 is 17.4 Å². The summed E-state index contributed by atoms with van der Waals surface area (Å²) in [6.07, 6.45) is 0.692. The van der Waals surface area contributed by atoms with Gasteiger partial charge in [-0.1, -0.05) is 56.3 Å². The summed E-state index contributed by atoms with van der Waals surface area (Å²) in [6.45, 7) is 7.14. The van der Waals surface area contributed by atoms with Crippen LogP contribution in [0, 0.1) is 5.82 Å². The molecular formula is C24H27FN2O3. The maximum atomic E-state index is 13.5. The molecule has 158 valence electrons. The van der Waals surface area contributed by atoms with E-state index in [1.54, 1.807) is 42.5 Å². The molecule has 1 heterocycles. The SMILES string of the molecule is CCN(CC)CCCN1C(=O)C(=O)/C(=C(/O)c2ccccc2)[C@@H]1c1ccc(F)cc1. The Morgan fingerprint density at radius 2 is 1.67 bits per heavy atom. The maximum Gasteiger partial charge on any atom is 0.295 e. The largest absolute Gasteiger partial charge is 0.507 e. The molecule has 1 atom stereocenters. The van der Waals surface area contributed by atoms with Crippen LogP contribution in [-0.2, 0) is 9.59 Å². The zero-order valence-corrected chi connectivity index (χ0v) is 17.3. The first-order valence-electron chi connectivity index (χ1n) is 10.3. The molecule has 1 amide bonds. The Hall–Kier alpha value is -2.99. The lowest BCUT2D eigenvalue weighted by Gasteiger charge is -2.26. The highest BCUT2D eigenvalue weighted by molar-refractivity contribution is 6.46. The zero-order valence-electron chi connectivity index (χ0n) is 17.3. The molecule has 0 aromatic heterocycles. The monoisotopic (exact) mass is 410 g/mol. The van der Waals surface area contributed by atoms with Crippen LogP contribution in [0.15, 0.2) is 60.2 Å². The van der Waals surface area contributed by atoms with Crippen molar-refractivity contribution in [2.24, 2.45) is 0 Å². The van der Waals surface area contributed by atoms with E-state index in [1.807, 2.05) is 0 Å². The Morgan fingerprint density at radius 1 is 1.03 bits per heavy atom. The van der Waals surface area contributed by atoms with Crippen molar-refractivity contribution in [3.63, 3.8) is 0 Å². The minimum Gasteiger partial charge on any atom is -0.507 e. The van der Waals surface area contributed by atoms with Gasteiger partial charge < -0.3 is 14.9 Å². The lowest BCUT2D eigenvalue weighted by molar-refractivity contribution is -0.140. The molecule has 0 unspecified atom stereocenters. The predicted molar refractivity (Wildman–Crippen MR) is 114 cm³/mol. The van der Waals surface area contributed by atoms with Crippen molar-refractivity contribution in [2.45, 2.75) is 26.3 Å². The average molecular weight is 410 g/mol. The van der Waals surface area contributed by atoms with Gasteiger partial charge in [0.15, 0.2) is 0 Å². The number of carbonyl (C=O) groups excluding carboxylic acids is 2. The number of amides is 1. The van der Waals surface area contributed by atoms with Crippen LogP contribution in [0.3, 0.4) is 0 Å². The van der Waals surface area contributed by atoms with E-state index in [0.717, 1.165) is 19.6 Å². The third-order valence-electron chi connectivity index (χ3n) is 5.54. The molecule has 6 heteroatoms. The summed E-state index contributed by atoms with van der Waals surface area (Å²) in [4.78, 5) is 29.5. The molecule has 0 radical (unpaired) electrons. The van der Waals surface area contributed by atoms with E-state index >= 15 is 0 Å². The number of likely N-dealkylation sites (tertiary alicyclic amines) is 1. The van der Waals surface area contributed by atoms with E-state index < -0.39 is 23.5 Å². The highest BCUT2D eigenvalue weighted by Gasteiger charge is 2.45. The molecule has 0 saturated carbocycles. The molecule has 5 nitrogen and oxygen atoms in total. The normalized spacial score (nSPS) is 18.4. The number of ketones is 1. The van der Waals surface area contributed by atoms with E-state index in [1.165, 1.54) is 17.0 Å². The summed E-state index contributed by atoms with van der Waals surface area (Å²) < 4.78 is 13.5. The highest BCUT2D eigenvalue weighted by Crippen LogP contribution is 2.39. The van der Waals surface area contributed by atoms with E-state index in [2.05, 4.69) is 18.7 Å². The van der Waals surface area contributed by atoms with Gasteiger partial charge in [-0.3, -0.25) is 9.59 Å². The van der Waals surface area contributed by atoms with Crippen LogP contribution in [0.1, 0.15) is 37.4 Å². The Morgan fingerprint density at radius 3 is 2.27 bits per heavy atom. The van der Waals surface area contributed by atoms with Crippen LogP contribution >= 0.6 is 0 Å². The predicted octanol–water partition coefficient (Wildman–Crippen LogP) is 3.98. The van der Waals surface area contributed by atoms with Crippen LogP contribution < -0.4 is 0 Å². The van der Waals surface area contributed by atoms with E-state index in [4.69, 9.17) is 0 Å². The molecule has 3 rings (SSSR count). The molecule has 0 bridgehead atoms. The summed E-state index contributed by atoms with van der Waals surface area (Å²) in [7, 11) is 0. The first-order chi connectivity index (χ1) is 14.5. The number of carbonyl (C=O) groups is 2. The first kappa shape index (κ1) is 21.7. The molecule has 0 aliphatic carbocycles. The summed E-state index contributed by atoms with van der Waals surface area (Å²) in [6, 6.07) is 13.6. The van der Waals surface area contributed by atoms with Gasteiger partial charge in [-0.05, 0) is 43.8 Å². The summed E-state index contributed by atoms with van der Waals surface area (Å²) in [5, 5.41) is 10.9. The minimum atomic E-state index is -0.748. The molecule has 30 heavy (non-hydrogen) atoms. The topological polar surface area (TPSA) is 60.9 Å². The maximum absolute atomic E-state index is 13.5. The van der Waals surface area contributed by atoms with Crippen molar-refractivity contribution in [1.29, 1.82) is 0 Å². The van der Waals surface area contributed by atoms with E-state index in [0.29, 0.717) is 24.1 Å². The number of rotatable bonds is 8. The number of Topliss-reactive ketones (excluding diaryl/α,β-unsaturated/α-hetero) is 1. The third-order valence-corrected chi connectivity index (χ3v) is 5.54. The summed E-state index contributed by atoms with van der Waals surface area (Å²) in [5.74, 6) is -1.97. The van der Waals surface area contributed by atoms with Gasteiger partial charge in [-0.25, -0.2) is 4.39 Å². The van der Waals surface area contributed by atoms with Gasteiger partial charge in [0, 0.05) is 12.1 Å². The van der Waals surface area contributed by atoms with E-state index in [-0.39, 0.29) is 11.3 Å². The third kappa shape index (κ3) is 4.44. The fraction of sp³-hybridized carbons (Fsp3) is 0.333. The van der Waals surface area contributed by atoms with Crippen molar-refractivity contribution < 1.29 is 19.1 Å². The number of halogens is 1. The van der Waals surface area contributed by atoms with Gasteiger partial charge in [-0.2, -0.15) is 0 Å². The molecule has 1 saturated heterocycles. The Labute approximate surface area is 176 Å². The highest BCUT2D eigenvalue weighted by atomic mass is 19.1. The number of nitrogens with zero attached hydrogens (tertiary/aromatic N) is 2. The molecule has 1 fully saturated rings. The Balaban J connectivity index is 2.00. The Bertz CT molecular complexity index is 921.